The summed E-state index contributed by atoms with van der Waals surface area (Å²) in [6.07, 6.45) is 7.01. The summed E-state index contributed by atoms with van der Waals surface area (Å²) in [7, 11) is 0. The fraction of sp³-hybridized carbons (Fsp3) is 0.167. The van der Waals surface area contributed by atoms with Crippen LogP contribution in [0.4, 0.5) is 11.4 Å². The Morgan fingerprint density at radius 3 is 2.52 bits per heavy atom. The van der Waals surface area contributed by atoms with Crippen molar-refractivity contribution in [1.29, 1.82) is 0 Å². The highest BCUT2D eigenvalue weighted by molar-refractivity contribution is 6.05. The van der Waals surface area contributed by atoms with Crippen molar-refractivity contribution < 1.29 is 9.74 Å². The molecule has 0 spiro atoms. The minimum Gasteiger partial charge on any atom is -0.612 e. The molecule has 0 unspecified atom stereocenters. The van der Waals surface area contributed by atoms with E-state index in [4.69, 9.17) is 9.83 Å². The molecule has 0 bridgehead atoms. The van der Waals surface area contributed by atoms with Crippen LogP contribution < -0.4 is 10.4 Å². The number of nitrogens with zero attached hydrogens (tertiary/aromatic N) is 3. The minimum absolute atomic E-state index is 0.0487. The average Bonchev–Trinajstić information content (AvgIpc) is 3.04. The van der Waals surface area contributed by atoms with E-state index in [1.54, 1.807) is 12.2 Å². The molecule has 7 heteroatoms. The van der Waals surface area contributed by atoms with E-state index in [9.17, 15) is 10.4 Å². The third-order valence-electron chi connectivity index (χ3n) is 5.65. The highest BCUT2D eigenvalue weighted by Gasteiger charge is 2.46. The summed E-state index contributed by atoms with van der Waals surface area (Å²) in [5.41, 5.74) is 8.06. The van der Waals surface area contributed by atoms with Gasteiger partial charge < -0.3 is 10.4 Å². The van der Waals surface area contributed by atoms with Crippen LogP contribution in [0.2, 0.25) is 0 Å². The summed E-state index contributed by atoms with van der Waals surface area (Å²) in [6, 6.07) is 16.3. The SMILES string of the molecule is Cc1ccc2c(c1)N=C(c1ccccc1)C[C@@]1(C)ONC(=C3C=CC(=[N+]([O-])[O-])C=C3)N21. The van der Waals surface area contributed by atoms with Crippen molar-refractivity contribution in [3.05, 3.63) is 106 Å². The third kappa shape index (κ3) is 3.29. The Hall–Kier alpha value is -3.84. The van der Waals surface area contributed by atoms with Crippen LogP contribution in [0.25, 0.3) is 0 Å². The van der Waals surface area contributed by atoms with Crippen LogP contribution >= 0.6 is 0 Å². The lowest BCUT2D eigenvalue weighted by Crippen LogP contribution is -2.43. The molecule has 1 fully saturated rings. The molecule has 31 heavy (non-hydrogen) atoms. The van der Waals surface area contributed by atoms with Crippen molar-refractivity contribution in [2.24, 2.45) is 4.99 Å². The van der Waals surface area contributed by atoms with Crippen molar-refractivity contribution in [3.8, 4) is 0 Å². The highest BCUT2D eigenvalue weighted by Crippen LogP contribution is 2.45. The Bertz CT molecular complexity index is 1190. The average molecular weight is 413 g/mol. The molecule has 5 rings (SSSR count). The molecule has 1 atom stereocenters. The van der Waals surface area contributed by atoms with Gasteiger partial charge in [-0.2, -0.15) is 4.90 Å². The summed E-state index contributed by atoms with van der Waals surface area (Å²) in [5.74, 6) is 0.729. The zero-order chi connectivity index (χ0) is 21.6. The van der Waals surface area contributed by atoms with Gasteiger partial charge in [0.05, 0.1) is 17.1 Å². The molecular weight excluding hydrogens is 392 g/mol. The van der Waals surface area contributed by atoms with Gasteiger partial charge in [-0.25, -0.2) is 10.3 Å². The van der Waals surface area contributed by atoms with Gasteiger partial charge in [-0.3, -0.25) is 9.89 Å². The number of rotatable bonds is 1. The molecule has 156 valence electrons. The van der Waals surface area contributed by atoms with Gasteiger partial charge in [-0.05, 0) is 49.3 Å². The number of aryl methyl sites for hydroxylation is 1. The maximum absolute atomic E-state index is 11.1. The smallest absolute Gasteiger partial charge is 0.222 e. The van der Waals surface area contributed by atoms with Crippen LogP contribution in [-0.4, -0.2) is 22.1 Å². The number of benzene rings is 2. The van der Waals surface area contributed by atoms with Crippen LogP contribution in [0.3, 0.4) is 0 Å². The highest BCUT2D eigenvalue weighted by atomic mass is 16.8. The zero-order valence-corrected chi connectivity index (χ0v) is 17.2. The maximum Gasteiger partial charge on any atom is 0.222 e. The van der Waals surface area contributed by atoms with E-state index in [1.165, 1.54) is 12.2 Å². The molecule has 7 nitrogen and oxygen atoms in total. The van der Waals surface area contributed by atoms with Crippen LogP contribution in [-0.2, 0) is 4.84 Å². The second-order valence-electron chi connectivity index (χ2n) is 7.96. The van der Waals surface area contributed by atoms with Crippen molar-refractivity contribution in [2.75, 3.05) is 4.90 Å². The van der Waals surface area contributed by atoms with Gasteiger partial charge in [-0.1, -0.05) is 36.4 Å². The molecule has 2 aromatic carbocycles. The Kier molecular flexibility index (Phi) is 4.41. The van der Waals surface area contributed by atoms with Crippen molar-refractivity contribution in [1.82, 2.24) is 5.48 Å². The first-order valence-electron chi connectivity index (χ1n) is 10.0. The summed E-state index contributed by atoms with van der Waals surface area (Å²) in [4.78, 5) is 12.9. The summed E-state index contributed by atoms with van der Waals surface area (Å²) in [6.45, 7) is 4.06. The number of aliphatic imine (C=N–C) groups is 1. The molecule has 0 amide bonds. The number of fused-ring (bicyclic) bond motifs is 3. The molecule has 1 saturated heterocycles. The lowest BCUT2D eigenvalue weighted by molar-refractivity contribution is -0.377. The van der Waals surface area contributed by atoms with E-state index in [0.717, 1.165) is 39.6 Å². The maximum atomic E-state index is 11.1. The monoisotopic (exact) mass is 413 g/mol. The first kappa shape index (κ1) is 19.1. The van der Waals surface area contributed by atoms with E-state index in [-0.39, 0.29) is 5.71 Å². The topological polar surface area (TPSA) is 86.0 Å². The fourth-order valence-corrected chi connectivity index (χ4v) is 4.11. The van der Waals surface area contributed by atoms with Crippen LogP contribution in [0, 0.1) is 17.3 Å². The van der Waals surface area contributed by atoms with Gasteiger partial charge in [0.1, 0.15) is 5.82 Å². The normalized spacial score (nSPS) is 21.9. The Morgan fingerprint density at radius 1 is 1.06 bits per heavy atom. The van der Waals surface area contributed by atoms with Crippen molar-refractivity contribution in [2.45, 2.75) is 26.0 Å². The lowest BCUT2D eigenvalue weighted by Gasteiger charge is -2.33. The second kappa shape index (κ2) is 7.14. The first-order chi connectivity index (χ1) is 14.9. The molecule has 1 aliphatic carbocycles. The van der Waals surface area contributed by atoms with Crippen LogP contribution in [0.1, 0.15) is 24.5 Å². The molecular formula is C24H21N4O3-. The first-order valence-corrected chi connectivity index (χ1v) is 10.0. The van der Waals surface area contributed by atoms with Gasteiger partial charge in [0.25, 0.3) is 0 Å². The molecule has 1 N–H and O–H groups in total. The van der Waals surface area contributed by atoms with Crippen molar-refractivity contribution in [3.63, 3.8) is 0 Å². The summed E-state index contributed by atoms with van der Waals surface area (Å²) >= 11 is 0. The quantitative estimate of drug-likeness (QED) is 0.554. The molecule has 2 heterocycles. The largest absolute Gasteiger partial charge is 0.612 e. The van der Waals surface area contributed by atoms with Gasteiger partial charge in [0, 0.05) is 24.1 Å². The Morgan fingerprint density at radius 2 is 1.81 bits per heavy atom. The standard InChI is InChI=1S/C24H21N4O3/c1-16-8-13-22-20(14-16)25-21(17-6-4-3-5-7-17)15-24(2)27(22)23(26-31-24)18-9-11-19(12-10-18)28(29)30/h3-14,26H,15H2,1-2H3/q-1/t24-/m1/s1. The van der Waals surface area contributed by atoms with Gasteiger partial charge in [0.15, 0.2) is 5.72 Å². The van der Waals surface area contributed by atoms with E-state index >= 15 is 0 Å². The number of hydrogen-bond acceptors (Lipinski definition) is 6. The van der Waals surface area contributed by atoms with Crippen LogP contribution in [0.15, 0.2) is 89.2 Å². The summed E-state index contributed by atoms with van der Waals surface area (Å²) in [5, 5.41) is 22.1. The minimum atomic E-state index is -0.730. The van der Waals surface area contributed by atoms with Gasteiger partial charge in [0.2, 0.25) is 5.71 Å². The molecule has 2 aromatic rings. The lowest BCUT2D eigenvalue weighted by atomic mass is 9.99. The molecule has 0 aromatic heterocycles. The van der Waals surface area contributed by atoms with E-state index < -0.39 is 10.6 Å². The molecule has 0 radical (unpaired) electrons. The van der Waals surface area contributed by atoms with Gasteiger partial charge in [-0.15, -0.1) is 0 Å². The predicted octanol–water partition coefficient (Wildman–Crippen LogP) is 4.36. The number of hydrogen-bond donors (Lipinski definition) is 1. The third-order valence-corrected chi connectivity index (χ3v) is 5.65. The Balaban J connectivity index is 1.66. The van der Waals surface area contributed by atoms with Crippen LogP contribution in [0.5, 0.6) is 0 Å². The fourth-order valence-electron chi connectivity index (χ4n) is 4.11. The van der Waals surface area contributed by atoms with E-state index in [2.05, 4.69) is 28.6 Å². The predicted molar refractivity (Wildman–Crippen MR) is 121 cm³/mol. The number of hydroxylamine groups is 1. The molecule has 0 saturated carbocycles. The molecule has 3 aliphatic rings. The van der Waals surface area contributed by atoms with E-state index in [0.29, 0.717) is 6.42 Å². The van der Waals surface area contributed by atoms with Crippen molar-refractivity contribution >= 4 is 22.8 Å². The summed E-state index contributed by atoms with van der Waals surface area (Å²) < 4.78 is 0. The number of nitrogens with one attached hydrogen (secondary N) is 1. The second-order valence-corrected chi connectivity index (χ2v) is 7.96. The Labute approximate surface area is 180 Å². The van der Waals surface area contributed by atoms with Gasteiger partial charge >= 0.3 is 0 Å². The molecule has 2 aliphatic heterocycles. The zero-order valence-electron chi connectivity index (χ0n) is 17.2. The van der Waals surface area contributed by atoms with E-state index in [1.807, 2.05) is 44.2 Å². The number of anilines is 1. The number of allylic oxidation sites excluding steroid dienone is 5.